The van der Waals surface area contributed by atoms with Crippen molar-refractivity contribution in [2.75, 3.05) is 17.9 Å². The molecule has 0 aliphatic carbocycles. The van der Waals surface area contributed by atoms with Crippen LogP contribution in [0.3, 0.4) is 0 Å². The van der Waals surface area contributed by atoms with Gasteiger partial charge >= 0.3 is 5.97 Å². The molecule has 4 rings (SSSR count). The van der Waals surface area contributed by atoms with Crippen molar-refractivity contribution >= 4 is 27.4 Å². The largest absolute Gasteiger partial charge is 0.486 e. The molecule has 0 atom stereocenters. The van der Waals surface area contributed by atoms with E-state index in [1.54, 1.807) is 18.2 Å². The Labute approximate surface area is 188 Å². The quantitative estimate of drug-likeness (QED) is 0.315. The molecular formula is C22H18N2O8S. The van der Waals surface area contributed by atoms with Crippen LogP contribution in [0.5, 0.6) is 11.5 Å². The highest BCUT2D eigenvalue weighted by atomic mass is 32.2. The number of carbonyl (C=O) groups excluding carboxylic acids is 1. The molecule has 0 fully saturated rings. The van der Waals surface area contributed by atoms with E-state index >= 15 is 0 Å². The van der Waals surface area contributed by atoms with E-state index in [0.29, 0.717) is 30.3 Å². The maximum absolute atomic E-state index is 12.9. The fraction of sp³-hybridized carbons (Fsp3) is 0.136. The maximum atomic E-state index is 12.9. The molecule has 1 N–H and O–H groups in total. The number of carbonyl (C=O) groups is 1. The number of nitrogens with zero attached hydrogens (tertiary/aromatic N) is 1. The standard InChI is InChI=1S/C22H18N2O8S/c25-22(32-14-15-4-3-5-16(12-15)24(26)27)18-6-1-2-7-19(18)23-33(28,29)17-8-9-20-21(13-17)31-11-10-30-20/h1-9,12-13,23H,10-11,14H2. The highest BCUT2D eigenvalue weighted by Gasteiger charge is 2.22. The van der Waals surface area contributed by atoms with Crippen LogP contribution in [0.25, 0.3) is 0 Å². The van der Waals surface area contributed by atoms with Gasteiger partial charge < -0.3 is 14.2 Å². The van der Waals surface area contributed by atoms with E-state index in [1.165, 1.54) is 48.5 Å². The molecule has 170 valence electrons. The summed E-state index contributed by atoms with van der Waals surface area (Å²) in [5, 5.41) is 10.9. The van der Waals surface area contributed by atoms with E-state index in [1.807, 2.05) is 0 Å². The number of non-ortho nitro benzene ring substituents is 1. The third kappa shape index (κ3) is 5.04. The first-order valence-electron chi connectivity index (χ1n) is 9.75. The Morgan fingerprint density at radius 2 is 1.76 bits per heavy atom. The highest BCUT2D eigenvalue weighted by molar-refractivity contribution is 7.92. The number of nitro benzene ring substituents is 1. The fourth-order valence-electron chi connectivity index (χ4n) is 3.13. The molecule has 3 aromatic carbocycles. The lowest BCUT2D eigenvalue weighted by molar-refractivity contribution is -0.384. The summed E-state index contributed by atoms with van der Waals surface area (Å²) < 4.78 is 44.3. The predicted molar refractivity (Wildman–Crippen MR) is 117 cm³/mol. The van der Waals surface area contributed by atoms with E-state index < -0.39 is 20.9 Å². The van der Waals surface area contributed by atoms with Crippen LogP contribution in [0, 0.1) is 10.1 Å². The first-order chi connectivity index (χ1) is 15.8. The zero-order chi connectivity index (χ0) is 23.4. The SMILES string of the molecule is O=C(OCc1cccc([N+](=O)[O-])c1)c1ccccc1NS(=O)(=O)c1ccc2c(c1)OCCO2. The molecule has 0 spiro atoms. The number of anilines is 1. The Morgan fingerprint density at radius 1 is 1.00 bits per heavy atom. The van der Waals surface area contributed by atoms with Crippen molar-refractivity contribution in [3.05, 3.63) is 88.0 Å². The molecule has 0 radical (unpaired) electrons. The Hall–Kier alpha value is -4.12. The third-order valence-electron chi connectivity index (χ3n) is 4.71. The number of esters is 1. The maximum Gasteiger partial charge on any atom is 0.340 e. The highest BCUT2D eigenvalue weighted by Crippen LogP contribution is 2.33. The normalized spacial score (nSPS) is 12.6. The van der Waals surface area contributed by atoms with Gasteiger partial charge in [0.15, 0.2) is 11.5 Å². The number of hydrogen-bond donors (Lipinski definition) is 1. The summed E-state index contributed by atoms with van der Waals surface area (Å²) in [6, 6.07) is 15.9. The second-order valence-electron chi connectivity index (χ2n) is 6.96. The molecule has 0 saturated carbocycles. The zero-order valence-electron chi connectivity index (χ0n) is 17.1. The van der Waals surface area contributed by atoms with Crippen molar-refractivity contribution in [1.82, 2.24) is 0 Å². The van der Waals surface area contributed by atoms with Gasteiger partial charge in [-0.05, 0) is 29.8 Å². The second-order valence-corrected chi connectivity index (χ2v) is 8.64. The summed E-state index contributed by atoms with van der Waals surface area (Å²) in [7, 11) is -4.05. The van der Waals surface area contributed by atoms with E-state index in [2.05, 4.69) is 4.72 Å². The van der Waals surface area contributed by atoms with E-state index in [0.717, 1.165) is 0 Å². The van der Waals surface area contributed by atoms with E-state index in [9.17, 15) is 23.3 Å². The zero-order valence-corrected chi connectivity index (χ0v) is 17.9. The minimum atomic E-state index is -4.05. The van der Waals surface area contributed by atoms with Crippen LogP contribution in [0.15, 0.2) is 71.6 Å². The number of rotatable bonds is 7. The molecule has 1 heterocycles. The molecule has 0 bridgehead atoms. The number of nitrogens with one attached hydrogen (secondary N) is 1. The van der Waals surface area contributed by atoms with Crippen LogP contribution >= 0.6 is 0 Å². The van der Waals surface area contributed by atoms with Crippen LogP contribution in [-0.2, 0) is 21.4 Å². The van der Waals surface area contributed by atoms with Crippen molar-refractivity contribution < 1.29 is 32.3 Å². The molecule has 1 aliphatic rings. The molecular weight excluding hydrogens is 452 g/mol. The van der Waals surface area contributed by atoms with Gasteiger partial charge in [0.25, 0.3) is 15.7 Å². The van der Waals surface area contributed by atoms with Crippen molar-refractivity contribution in [3.8, 4) is 11.5 Å². The number of fused-ring (bicyclic) bond motifs is 1. The summed E-state index contributed by atoms with van der Waals surface area (Å²) in [5.74, 6) is -0.0268. The molecule has 0 amide bonds. The lowest BCUT2D eigenvalue weighted by Gasteiger charge is -2.19. The Bertz CT molecular complexity index is 1320. The van der Waals surface area contributed by atoms with Crippen LogP contribution in [-0.4, -0.2) is 32.5 Å². The third-order valence-corrected chi connectivity index (χ3v) is 6.07. The van der Waals surface area contributed by atoms with Crippen LogP contribution in [0.2, 0.25) is 0 Å². The Kier molecular flexibility index (Phi) is 6.13. The predicted octanol–water partition coefficient (Wildman–Crippen LogP) is 3.52. The van der Waals surface area contributed by atoms with Crippen molar-refractivity contribution in [2.45, 2.75) is 11.5 Å². The molecule has 11 heteroatoms. The number of ether oxygens (including phenoxy) is 3. The topological polar surface area (TPSA) is 134 Å². The summed E-state index contributed by atoms with van der Waals surface area (Å²) in [4.78, 5) is 22.9. The minimum absolute atomic E-state index is 0.0101. The monoisotopic (exact) mass is 470 g/mol. The summed E-state index contributed by atoms with van der Waals surface area (Å²) in [6.45, 7) is 0.468. The number of sulfonamides is 1. The first kappa shape index (κ1) is 22.1. The van der Waals surface area contributed by atoms with E-state index in [-0.39, 0.29) is 28.4 Å². The molecule has 33 heavy (non-hydrogen) atoms. The van der Waals surface area contributed by atoms with Crippen LogP contribution in [0.4, 0.5) is 11.4 Å². The van der Waals surface area contributed by atoms with Gasteiger partial charge in [-0.2, -0.15) is 0 Å². The molecule has 0 saturated heterocycles. The van der Waals surface area contributed by atoms with Crippen LogP contribution in [0.1, 0.15) is 15.9 Å². The first-order valence-corrected chi connectivity index (χ1v) is 11.2. The lowest BCUT2D eigenvalue weighted by atomic mass is 10.2. The van der Waals surface area contributed by atoms with Gasteiger partial charge in [0.2, 0.25) is 0 Å². The second kappa shape index (κ2) is 9.17. The van der Waals surface area contributed by atoms with Crippen molar-refractivity contribution in [2.24, 2.45) is 0 Å². The average molecular weight is 470 g/mol. The number of para-hydroxylation sites is 1. The van der Waals surface area contributed by atoms with Gasteiger partial charge in [-0.1, -0.05) is 24.3 Å². The van der Waals surface area contributed by atoms with Gasteiger partial charge in [0.1, 0.15) is 19.8 Å². The van der Waals surface area contributed by atoms with Crippen molar-refractivity contribution in [3.63, 3.8) is 0 Å². The van der Waals surface area contributed by atoms with Gasteiger partial charge in [-0.25, -0.2) is 13.2 Å². The number of hydrogen-bond acceptors (Lipinski definition) is 8. The Balaban J connectivity index is 1.52. The molecule has 10 nitrogen and oxygen atoms in total. The van der Waals surface area contributed by atoms with Gasteiger partial charge in [0, 0.05) is 18.2 Å². The number of benzene rings is 3. The minimum Gasteiger partial charge on any atom is -0.486 e. The average Bonchev–Trinajstić information content (AvgIpc) is 2.82. The Morgan fingerprint density at radius 3 is 2.55 bits per heavy atom. The molecule has 0 aromatic heterocycles. The summed E-state index contributed by atoms with van der Waals surface area (Å²) in [6.07, 6.45) is 0. The lowest BCUT2D eigenvalue weighted by Crippen LogP contribution is -2.18. The molecule has 3 aromatic rings. The van der Waals surface area contributed by atoms with Gasteiger partial charge in [0.05, 0.1) is 21.1 Å². The molecule has 1 aliphatic heterocycles. The summed E-state index contributed by atoms with van der Waals surface area (Å²) in [5.41, 5.74) is 0.309. The summed E-state index contributed by atoms with van der Waals surface area (Å²) >= 11 is 0. The van der Waals surface area contributed by atoms with Gasteiger partial charge in [-0.15, -0.1) is 0 Å². The number of nitro groups is 1. The van der Waals surface area contributed by atoms with Gasteiger partial charge in [-0.3, -0.25) is 14.8 Å². The molecule has 0 unspecified atom stereocenters. The smallest absolute Gasteiger partial charge is 0.340 e. The van der Waals surface area contributed by atoms with E-state index in [4.69, 9.17) is 14.2 Å². The van der Waals surface area contributed by atoms with Crippen LogP contribution < -0.4 is 14.2 Å². The fourth-order valence-corrected chi connectivity index (χ4v) is 4.23. The van der Waals surface area contributed by atoms with Crippen molar-refractivity contribution in [1.29, 1.82) is 0 Å².